The lowest BCUT2D eigenvalue weighted by Crippen LogP contribution is -2.46. The summed E-state index contributed by atoms with van der Waals surface area (Å²) < 4.78 is 0. The van der Waals surface area contributed by atoms with Crippen molar-refractivity contribution in [1.82, 2.24) is 9.88 Å². The fourth-order valence-electron chi connectivity index (χ4n) is 4.27. The molecule has 1 unspecified atom stereocenters. The molecule has 4 heteroatoms. The second-order valence-corrected chi connectivity index (χ2v) is 7.55. The molecule has 1 aromatic heterocycles. The van der Waals surface area contributed by atoms with Gasteiger partial charge in [0.25, 0.3) is 5.91 Å². The Labute approximate surface area is 153 Å². The highest BCUT2D eigenvalue weighted by Crippen LogP contribution is 2.41. The standard InChI is InChI=1S/C22H24N2O2/c25-20(19-9-13-23-15-19)17-5-7-18(8-6-17)21(26)24-14-4-12-22(16-24)10-2-1-3-11-22/h1-2,5-9,13,15,23H,3-4,10-12,14,16H2. The summed E-state index contributed by atoms with van der Waals surface area (Å²) in [5.41, 5.74) is 2.17. The van der Waals surface area contributed by atoms with E-state index in [1.54, 1.807) is 42.7 Å². The second kappa shape index (κ2) is 6.94. The Kier molecular flexibility index (Phi) is 4.49. The molecule has 1 amide bonds. The Morgan fingerprint density at radius 2 is 1.77 bits per heavy atom. The van der Waals surface area contributed by atoms with Gasteiger partial charge in [-0.1, -0.05) is 24.3 Å². The number of aromatic amines is 1. The van der Waals surface area contributed by atoms with Crippen molar-refractivity contribution in [3.8, 4) is 0 Å². The number of nitrogens with one attached hydrogen (secondary N) is 1. The van der Waals surface area contributed by atoms with Gasteiger partial charge in [0.2, 0.25) is 0 Å². The summed E-state index contributed by atoms with van der Waals surface area (Å²) in [6.45, 7) is 1.68. The van der Waals surface area contributed by atoms with E-state index in [1.807, 2.05) is 4.90 Å². The van der Waals surface area contributed by atoms with Crippen LogP contribution >= 0.6 is 0 Å². The molecule has 1 saturated heterocycles. The van der Waals surface area contributed by atoms with E-state index in [9.17, 15) is 9.59 Å². The molecule has 2 aromatic rings. The Morgan fingerprint density at radius 1 is 0.962 bits per heavy atom. The van der Waals surface area contributed by atoms with Crippen LogP contribution in [0.4, 0.5) is 0 Å². The highest BCUT2D eigenvalue weighted by Gasteiger charge is 2.36. The molecule has 1 aliphatic carbocycles. The molecule has 0 bridgehead atoms. The van der Waals surface area contributed by atoms with Crippen LogP contribution in [-0.2, 0) is 0 Å². The zero-order chi connectivity index (χ0) is 18.0. The van der Waals surface area contributed by atoms with E-state index < -0.39 is 0 Å². The van der Waals surface area contributed by atoms with E-state index >= 15 is 0 Å². The first-order chi connectivity index (χ1) is 12.7. The summed E-state index contributed by atoms with van der Waals surface area (Å²) >= 11 is 0. The van der Waals surface area contributed by atoms with Gasteiger partial charge in [0.05, 0.1) is 0 Å². The zero-order valence-corrected chi connectivity index (χ0v) is 14.9. The van der Waals surface area contributed by atoms with Gasteiger partial charge in [-0.05, 0) is 55.7 Å². The van der Waals surface area contributed by atoms with Crippen LogP contribution in [0.15, 0.2) is 54.9 Å². The molecule has 134 valence electrons. The number of aromatic nitrogens is 1. The molecule has 0 radical (unpaired) electrons. The van der Waals surface area contributed by atoms with Gasteiger partial charge in [0, 0.05) is 42.2 Å². The second-order valence-electron chi connectivity index (χ2n) is 7.55. The van der Waals surface area contributed by atoms with Crippen LogP contribution in [0, 0.1) is 5.41 Å². The molecule has 0 saturated carbocycles. The summed E-state index contributed by atoms with van der Waals surface area (Å²) in [7, 11) is 0. The largest absolute Gasteiger partial charge is 0.367 e. The topological polar surface area (TPSA) is 53.2 Å². The number of piperidine rings is 1. The molecule has 1 spiro atoms. The molecule has 1 aromatic carbocycles. The molecule has 4 nitrogen and oxygen atoms in total. The normalized spacial score (nSPS) is 22.5. The Balaban J connectivity index is 1.48. The van der Waals surface area contributed by atoms with Crippen LogP contribution in [0.3, 0.4) is 0 Å². The van der Waals surface area contributed by atoms with Crippen molar-refractivity contribution < 1.29 is 9.59 Å². The van der Waals surface area contributed by atoms with Crippen molar-refractivity contribution in [1.29, 1.82) is 0 Å². The molecular formula is C22H24N2O2. The highest BCUT2D eigenvalue weighted by atomic mass is 16.2. The molecule has 2 heterocycles. The minimum atomic E-state index is -0.0313. The van der Waals surface area contributed by atoms with Gasteiger partial charge in [-0.3, -0.25) is 9.59 Å². The van der Waals surface area contributed by atoms with Gasteiger partial charge in [-0.2, -0.15) is 0 Å². The quantitative estimate of drug-likeness (QED) is 0.667. The van der Waals surface area contributed by atoms with Gasteiger partial charge in [-0.15, -0.1) is 0 Å². The van der Waals surface area contributed by atoms with Crippen LogP contribution in [-0.4, -0.2) is 34.7 Å². The van der Waals surface area contributed by atoms with E-state index in [-0.39, 0.29) is 17.1 Å². The predicted molar refractivity (Wildman–Crippen MR) is 101 cm³/mol. The number of hydrogen-bond donors (Lipinski definition) is 1. The third-order valence-electron chi connectivity index (χ3n) is 5.76. The number of allylic oxidation sites excluding steroid dienone is 2. The first-order valence-electron chi connectivity index (χ1n) is 9.39. The van der Waals surface area contributed by atoms with Crippen molar-refractivity contribution in [2.24, 2.45) is 5.41 Å². The number of carbonyl (C=O) groups excluding carboxylic acids is 2. The fourth-order valence-corrected chi connectivity index (χ4v) is 4.27. The highest BCUT2D eigenvalue weighted by molar-refractivity contribution is 6.09. The Bertz CT molecular complexity index is 820. The molecule has 1 atom stereocenters. The van der Waals surface area contributed by atoms with Gasteiger partial charge < -0.3 is 9.88 Å². The molecule has 4 rings (SSSR count). The zero-order valence-electron chi connectivity index (χ0n) is 14.9. The number of likely N-dealkylation sites (tertiary alicyclic amines) is 1. The maximum absolute atomic E-state index is 13.0. The Morgan fingerprint density at radius 3 is 2.46 bits per heavy atom. The third kappa shape index (κ3) is 3.24. The number of H-pyrrole nitrogens is 1. The number of hydrogen-bond acceptors (Lipinski definition) is 2. The average Bonchev–Trinajstić information content (AvgIpc) is 3.22. The monoisotopic (exact) mass is 348 g/mol. The summed E-state index contributed by atoms with van der Waals surface area (Å²) in [6.07, 6.45) is 13.6. The lowest BCUT2D eigenvalue weighted by molar-refractivity contribution is 0.0484. The van der Waals surface area contributed by atoms with Crippen molar-refractivity contribution in [3.63, 3.8) is 0 Å². The number of ketones is 1. The van der Waals surface area contributed by atoms with Gasteiger partial charge in [0.1, 0.15) is 0 Å². The molecule has 1 N–H and O–H groups in total. The van der Waals surface area contributed by atoms with Gasteiger partial charge >= 0.3 is 0 Å². The summed E-state index contributed by atoms with van der Waals surface area (Å²) in [5, 5.41) is 0. The Hall–Kier alpha value is -2.62. The van der Waals surface area contributed by atoms with Crippen LogP contribution in [0.5, 0.6) is 0 Å². The molecule has 1 aliphatic heterocycles. The number of amides is 1. The lowest BCUT2D eigenvalue weighted by atomic mass is 9.71. The van der Waals surface area contributed by atoms with Crippen molar-refractivity contribution >= 4 is 11.7 Å². The van der Waals surface area contributed by atoms with E-state index in [4.69, 9.17) is 0 Å². The summed E-state index contributed by atoms with van der Waals surface area (Å²) in [6, 6.07) is 8.83. The third-order valence-corrected chi connectivity index (χ3v) is 5.76. The van der Waals surface area contributed by atoms with Crippen LogP contribution in [0.1, 0.15) is 58.4 Å². The van der Waals surface area contributed by atoms with Crippen LogP contribution in [0.2, 0.25) is 0 Å². The minimum Gasteiger partial charge on any atom is -0.367 e. The number of carbonyl (C=O) groups is 2. The molecule has 1 fully saturated rings. The lowest BCUT2D eigenvalue weighted by Gasteiger charge is -2.44. The number of nitrogens with zero attached hydrogens (tertiary/aromatic N) is 1. The first kappa shape index (κ1) is 16.8. The average molecular weight is 348 g/mol. The number of benzene rings is 1. The minimum absolute atomic E-state index is 0.0313. The maximum atomic E-state index is 13.0. The van der Waals surface area contributed by atoms with Crippen molar-refractivity contribution in [2.45, 2.75) is 32.1 Å². The molecule has 2 aliphatic rings. The van der Waals surface area contributed by atoms with Gasteiger partial charge in [0.15, 0.2) is 5.78 Å². The summed E-state index contributed by atoms with van der Waals surface area (Å²) in [5.74, 6) is 0.0513. The smallest absolute Gasteiger partial charge is 0.253 e. The van der Waals surface area contributed by atoms with Crippen molar-refractivity contribution in [3.05, 3.63) is 71.6 Å². The maximum Gasteiger partial charge on any atom is 0.253 e. The first-order valence-corrected chi connectivity index (χ1v) is 9.39. The van der Waals surface area contributed by atoms with E-state index in [1.165, 1.54) is 12.8 Å². The summed E-state index contributed by atoms with van der Waals surface area (Å²) in [4.78, 5) is 30.2. The van der Waals surface area contributed by atoms with Crippen LogP contribution < -0.4 is 0 Å². The number of rotatable bonds is 3. The SMILES string of the molecule is O=C(c1ccc(C(=O)N2CCCC3(CC=CCC3)C2)cc1)c1cc[nH]c1. The van der Waals surface area contributed by atoms with Crippen molar-refractivity contribution in [2.75, 3.05) is 13.1 Å². The van der Waals surface area contributed by atoms with E-state index in [2.05, 4.69) is 17.1 Å². The van der Waals surface area contributed by atoms with E-state index in [0.717, 1.165) is 32.4 Å². The van der Waals surface area contributed by atoms with Gasteiger partial charge in [-0.25, -0.2) is 0 Å². The predicted octanol–water partition coefficient (Wildman–Crippen LogP) is 4.21. The fraction of sp³-hybridized carbons (Fsp3) is 0.364. The van der Waals surface area contributed by atoms with Crippen LogP contribution in [0.25, 0.3) is 0 Å². The van der Waals surface area contributed by atoms with E-state index in [0.29, 0.717) is 16.7 Å². The molecular weight excluding hydrogens is 324 g/mol. The molecule has 26 heavy (non-hydrogen) atoms.